The Bertz CT molecular complexity index is 1060. The second-order valence-electron chi connectivity index (χ2n) is 10.4. The molecule has 6 heteroatoms. The van der Waals surface area contributed by atoms with Crippen molar-refractivity contribution in [3.05, 3.63) is 65.0 Å². The highest BCUT2D eigenvalue weighted by molar-refractivity contribution is 5.83. The highest BCUT2D eigenvalue weighted by atomic mass is 19.1. The van der Waals surface area contributed by atoms with Crippen LogP contribution in [0.3, 0.4) is 0 Å². The third-order valence-corrected chi connectivity index (χ3v) is 6.75. The summed E-state index contributed by atoms with van der Waals surface area (Å²) in [6, 6.07) is 11.9. The first-order valence-corrected chi connectivity index (χ1v) is 12.3. The number of carbonyl (C=O) groups excluding carboxylic acids is 2. The molecular weight excluding hydrogens is 431 g/mol. The van der Waals surface area contributed by atoms with Crippen molar-refractivity contribution in [2.45, 2.75) is 65.5 Å². The molecule has 0 aliphatic carbocycles. The van der Waals surface area contributed by atoms with Crippen LogP contribution in [-0.4, -0.2) is 47.4 Å². The van der Waals surface area contributed by atoms with Crippen molar-refractivity contribution in [2.75, 3.05) is 19.6 Å². The van der Waals surface area contributed by atoms with Crippen molar-refractivity contribution in [3.63, 3.8) is 0 Å². The lowest BCUT2D eigenvalue weighted by molar-refractivity contribution is -0.141. The Morgan fingerprint density at radius 1 is 1.09 bits per heavy atom. The van der Waals surface area contributed by atoms with Gasteiger partial charge in [0.15, 0.2) is 6.10 Å². The third kappa shape index (κ3) is 4.96. The summed E-state index contributed by atoms with van der Waals surface area (Å²) in [5, 5.41) is 0. The lowest BCUT2D eigenvalue weighted by atomic mass is 9.85. The van der Waals surface area contributed by atoms with Crippen LogP contribution in [0.1, 0.15) is 69.7 Å². The molecule has 0 bridgehead atoms. The maximum Gasteiger partial charge on any atom is 0.263 e. The van der Waals surface area contributed by atoms with Gasteiger partial charge >= 0.3 is 0 Å². The zero-order chi connectivity index (χ0) is 24.5. The Balaban J connectivity index is 1.70. The van der Waals surface area contributed by atoms with Crippen LogP contribution in [-0.2, 0) is 16.0 Å². The number of hydrogen-bond acceptors (Lipinski definition) is 3. The normalized spacial score (nSPS) is 19.0. The zero-order valence-corrected chi connectivity index (χ0v) is 20.6. The smallest absolute Gasteiger partial charge is 0.263 e. The Labute approximate surface area is 201 Å². The number of rotatable bonds is 5. The van der Waals surface area contributed by atoms with E-state index in [0.29, 0.717) is 25.1 Å². The molecule has 0 spiro atoms. The van der Waals surface area contributed by atoms with E-state index < -0.39 is 17.6 Å². The summed E-state index contributed by atoms with van der Waals surface area (Å²) in [4.78, 5) is 30.1. The maximum atomic E-state index is 14.2. The van der Waals surface area contributed by atoms with Crippen molar-refractivity contribution in [1.82, 2.24) is 9.80 Å². The number of amides is 2. The van der Waals surface area contributed by atoms with E-state index in [1.807, 2.05) is 61.8 Å². The number of halogens is 1. The number of fused-ring (bicyclic) bond motifs is 1. The van der Waals surface area contributed by atoms with Crippen molar-refractivity contribution in [1.29, 1.82) is 0 Å². The molecule has 2 atom stereocenters. The van der Waals surface area contributed by atoms with Gasteiger partial charge in [-0.2, -0.15) is 0 Å². The minimum atomic E-state index is -0.563. The van der Waals surface area contributed by atoms with Gasteiger partial charge in [0.05, 0.1) is 6.04 Å². The monoisotopic (exact) mass is 466 g/mol. The minimum Gasteiger partial charge on any atom is -0.481 e. The molecule has 0 N–H and O–H groups in total. The van der Waals surface area contributed by atoms with Gasteiger partial charge in [0.2, 0.25) is 5.91 Å². The Kier molecular flexibility index (Phi) is 6.96. The molecule has 2 aliphatic rings. The van der Waals surface area contributed by atoms with E-state index >= 15 is 0 Å². The average Bonchev–Trinajstić information content (AvgIpc) is 3.35. The summed E-state index contributed by atoms with van der Waals surface area (Å²) in [6.45, 7) is 9.81. The first-order valence-electron chi connectivity index (χ1n) is 12.3. The van der Waals surface area contributed by atoms with Crippen LogP contribution in [0.15, 0.2) is 42.5 Å². The molecule has 1 fully saturated rings. The molecule has 2 heterocycles. The van der Waals surface area contributed by atoms with Crippen molar-refractivity contribution >= 4 is 11.8 Å². The van der Waals surface area contributed by atoms with Gasteiger partial charge in [-0.3, -0.25) is 9.59 Å². The van der Waals surface area contributed by atoms with E-state index in [9.17, 15) is 14.0 Å². The quantitative estimate of drug-likeness (QED) is 0.614. The highest BCUT2D eigenvalue weighted by Gasteiger charge is 2.37. The van der Waals surface area contributed by atoms with E-state index in [0.717, 1.165) is 42.6 Å². The Morgan fingerprint density at radius 2 is 1.82 bits per heavy atom. The van der Waals surface area contributed by atoms with E-state index in [1.54, 1.807) is 6.07 Å². The number of nitrogens with zero attached hydrogens (tertiary/aromatic N) is 2. The van der Waals surface area contributed by atoms with Gasteiger partial charge in [0, 0.05) is 25.0 Å². The number of hydrogen-bond donors (Lipinski definition) is 0. The predicted molar refractivity (Wildman–Crippen MR) is 130 cm³/mol. The topological polar surface area (TPSA) is 49.9 Å². The van der Waals surface area contributed by atoms with E-state index in [2.05, 4.69) is 0 Å². The van der Waals surface area contributed by atoms with Crippen LogP contribution < -0.4 is 4.74 Å². The van der Waals surface area contributed by atoms with Gasteiger partial charge in [-0.25, -0.2) is 4.39 Å². The molecule has 182 valence electrons. The van der Waals surface area contributed by atoms with Crippen LogP contribution >= 0.6 is 0 Å². The first kappa shape index (κ1) is 24.2. The number of ether oxygens (including phenoxy) is 1. The summed E-state index contributed by atoms with van der Waals surface area (Å²) in [6.07, 6.45) is 2.82. The fourth-order valence-electron chi connectivity index (χ4n) is 4.97. The molecule has 4 rings (SSSR count). The Hall–Kier alpha value is -2.89. The first-order chi connectivity index (χ1) is 16.2. The highest BCUT2D eigenvalue weighted by Crippen LogP contribution is 2.39. The second-order valence-corrected chi connectivity index (χ2v) is 10.4. The summed E-state index contributed by atoms with van der Waals surface area (Å²) in [7, 11) is 0. The van der Waals surface area contributed by atoms with Crippen LogP contribution in [0.25, 0.3) is 0 Å². The number of benzene rings is 2. The molecule has 0 unspecified atom stereocenters. The molecule has 1 saturated heterocycles. The maximum absolute atomic E-state index is 14.2. The fraction of sp³-hybridized carbons (Fsp3) is 0.500. The fourth-order valence-corrected chi connectivity index (χ4v) is 4.97. The van der Waals surface area contributed by atoms with Gasteiger partial charge in [-0.15, -0.1) is 0 Å². The van der Waals surface area contributed by atoms with Crippen molar-refractivity contribution < 1.29 is 18.7 Å². The molecule has 0 aromatic heterocycles. The third-order valence-electron chi connectivity index (χ3n) is 6.75. The molecule has 5 nitrogen and oxygen atoms in total. The lowest BCUT2D eigenvalue weighted by Crippen LogP contribution is -2.45. The standard InChI is InChI=1S/C28H35FN2O3/c1-5-24(26(32)30-14-6-7-15-30)34-22-12-11-19-13-16-31(27(33)28(2,3)4)25(23(19)18-22)20-9-8-10-21(29)17-20/h8-12,17-18,24-25H,5-7,13-16H2,1-4H3/t24-,25-/m1/s1. The van der Waals surface area contributed by atoms with Gasteiger partial charge in [-0.05, 0) is 66.6 Å². The van der Waals surface area contributed by atoms with Crippen LogP contribution in [0.4, 0.5) is 4.39 Å². The molecule has 34 heavy (non-hydrogen) atoms. The van der Waals surface area contributed by atoms with E-state index in [4.69, 9.17) is 4.74 Å². The summed E-state index contributed by atoms with van der Waals surface area (Å²) < 4.78 is 20.4. The second kappa shape index (κ2) is 9.77. The summed E-state index contributed by atoms with van der Waals surface area (Å²) in [5.41, 5.74) is 2.21. The number of likely N-dealkylation sites (tertiary alicyclic amines) is 1. The molecule has 0 saturated carbocycles. The van der Waals surface area contributed by atoms with E-state index in [-0.39, 0.29) is 17.6 Å². The largest absolute Gasteiger partial charge is 0.481 e. The summed E-state index contributed by atoms with van der Waals surface area (Å²) in [5.74, 6) is 0.324. The van der Waals surface area contributed by atoms with E-state index in [1.165, 1.54) is 12.1 Å². The molecule has 0 radical (unpaired) electrons. The van der Waals surface area contributed by atoms with Gasteiger partial charge in [-0.1, -0.05) is 45.9 Å². The van der Waals surface area contributed by atoms with Gasteiger partial charge in [0.25, 0.3) is 5.91 Å². The SMILES string of the molecule is CC[C@@H](Oc1ccc2c(c1)[C@@H](c1cccc(F)c1)N(C(=O)C(C)(C)C)CC2)C(=O)N1CCCC1. The Morgan fingerprint density at radius 3 is 2.47 bits per heavy atom. The predicted octanol–water partition coefficient (Wildman–Crippen LogP) is 5.13. The minimum absolute atomic E-state index is 0.0226. The van der Waals surface area contributed by atoms with Gasteiger partial charge < -0.3 is 14.5 Å². The van der Waals surface area contributed by atoms with Gasteiger partial charge in [0.1, 0.15) is 11.6 Å². The van der Waals surface area contributed by atoms with Crippen LogP contribution in [0.5, 0.6) is 5.75 Å². The average molecular weight is 467 g/mol. The van der Waals surface area contributed by atoms with Crippen LogP contribution in [0.2, 0.25) is 0 Å². The van der Waals surface area contributed by atoms with Crippen molar-refractivity contribution in [2.24, 2.45) is 5.41 Å². The molecule has 2 aromatic rings. The molecule has 2 aromatic carbocycles. The van der Waals surface area contributed by atoms with Crippen molar-refractivity contribution in [3.8, 4) is 5.75 Å². The molecule has 2 aliphatic heterocycles. The van der Waals surface area contributed by atoms with Crippen LogP contribution in [0, 0.1) is 11.2 Å². The summed E-state index contributed by atoms with van der Waals surface area (Å²) >= 11 is 0. The zero-order valence-electron chi connectivity index (χ0n) is 20.6. The lowest BCUT2D eigenvalue weighted by Gasteiger charge is -2.41. The molecule has 2 amide bonds. The molecular formula is C28H35FN2O3. The number of carbonyl (C=O) groups is 2.